The van der Waals surface area contributed by atoms with Gasteiger partial charge in [-0.2, -0.15) is 0 Å². The van der Waals surface area contributed by atoms with E-state index in [0.717, 1.165) is 49.3 Å². The van der Waals surface area contributed by atoms with Gasteiger partial charge in [0.25, 0.3) is 0 Å². The molecule has 2 aliphatic rings. The van der Waals surface area contributed by atoms with Crippen LogP contribution in [0.5, 0.6) is 0 Å². The Labute approximate surface area is 135 Å². The summed E-state index contributed by atoms with van der Waals surface area (Å²) < 4.78 is 23.3. The minimum atomic E-state index is -0.410. The molecule has 2 fully saturated rings. The third-order valence-electron chi connectivity index (χ3n) is 4.69. The van der Waals surface area contributed by atoms with Crippen LogP contribution in [0, 0.1) is 0 Å². The van der Waals surface area contributed by atoms with Crippen LogP contribution in [-0.2, 0) is 14.2 Å². The highest BCUT2D eigenvalue weighted by atomic mass is 16.7. The summed E-state index contributed by atoms with van der Waals surface area (Å²) in [6.45, 7) is 4.93. The van der Waals surface area contributed by atoms with E-state index >= 15 is 0 Å². The first-order valence-electron chi connectivity index (χ1n) is 8.35. The van der Waals surface area contributed by atoms with Crippen molar-refractivity contribution in [1.82, 2.24) is 5.32 Å². The fraction of sp³-hybridized carbons (Fsp3) is 0.556. The quantitative estimate of drug-likeness (QED) is 0.939. The Balaban J connectivity index is 1.34. The van der Waals surface area contributed by atoms with Crippen LogP contribution >= 0.6 is 0 Å². The first kappa shape index (κ1) is 15.1. The number of fused-ring (bicyclic) bond motifs is 1. The first-order valence-corrected chi connectivity index (χ1v) is 8.35. The maximum Gasteiger partial charge on any atom is 0.173 e. The Morgan fingerprint density at radius 2 is 2.09 bits per heavy atom. The Bertz CT molecular complexity index is 629. The van der Waals surface area contributed by atoms with Gasteiger partial charge in [0, 0.05) is 24.8 Å². The van der Waals surface area contributed by atoms with Crippen molar-refractivity contribution in [2.45, 2.75) is 37.7 Å². The zero-order chi connectivity index (χ0) is 15.7. The summed E-state index contributed by atoms with van der Waals surface area (Å²) in [5.74, 6) is 0.540. The van der Waals surface area contributed by atoms with E-state index in [2.05, 4.69) is 24.4 Å². The van der Waals surface area contributed by atoms with Gasteiger partial charge in [-0.15, -0.1) is 0 Å². The molecule has 0 aliphatic carbocycles. The minimum absolute atomic E-state index is 0.0833. The predicted octanol–water partition coefficient (Wildman–Crippen LogP) is 3.01. The van der Waals surface area contributed by atoms with Crippen LogP contribution in [0.15, 0.2) is 34.7 Å². The third-order valence-corrected chi connectivity index (χ3v) is 4.69. The van der Waals surface area contributed by atoms with Crippen LogP contribution in [0.25, 0.3) is 11.0 Å². The van der Waals surface area contributed by atoms with E-state index in [4.69, 9.17) is 18.6 Å². The number of furan rings is 1. The lowest BCUT2D eigenvalue weighted by molar-refractivity contribution is -0.210. The summed E-state index contributed by atoms with van der Waals surface area (Å²) in [6.07, 6.45) is 1.73. The highest BCUT2D eigenvalue weighted by Gasteiger charge is 2.42. The molecule has 1 N–H and O–H groups in total. The number of benzene rings is 1. The van der Waals surface area contributed by atoms with Crippen molar-refractivity contribution in [3.05, 3.63) is 36.1 Å². The molecule has 2 saturated heterocycles. The molecule has 5 heteroatoms. The average Bonchev–Trinajstić information content (AvgIpc) is 3.18. The molecule has 1 aromatic heterocycles. The summed E-state index contributed by atoms with van der Waals surface area (Å²) in [4.78, 5) is 0. The van der Waals surface area contributed by atoms with Crippen molar-refractivity contribution in [1.29, 1.82) is 0 Å². The van der Waals surface area contributed by atoms with E-state index in [1.807, 2.05) is 18.2 Å². The van der Waals surface area contributed by atoms with Crippen LogP contribution in [0.3, 0.4) is 0 Å². The van der Waals surface area contributed by atoms with Crippen LogP contribution < -0.4 is 5.32 Å². The summed E-state index contributed by atoms with van der Waals surface area (Å²) in [7, 11) is 0. The molecular weight excluding hydrogens is 294 g/mol. The molecule has 1 aromatic carbocycles. The maximum atomic E-state index is 6.14. The number of ether oxygens (including phenoxy) is 3. The molecule has 0 saturated carbocycles. The van der Waals surface area contributed by atoms with E-state index in [1.165, 1.54) is 0 Å². The predicted molar refractivity (Wildman–Crippen MR) is 86.2 cm³/mol. The van der Waals surface area contributed by atoms with Gasteiger partial charge in [-0.25, -0.2) is 0 Å². The molecule has 0 radical (unpaired) electrons. The summed E-state index contributed by atoms with van der Waals surface area (Å²) in [5.41, 5.74) is 0.928. The lowest BCUT2D eigenvalue weighted by atomic mass is 10.1. The largest absolute Gasteiger partial charge is 0.459 e. The number of hydrogen-bond acceptors (Lipinski definition) is 5. The number of nitrogens with one attached hydrogen (secondary N) is 1. The molecule has 0 amide bonds. The Kier molecular flexibility index (Phi) is 4.11. The summed E-state index contributed by atoms with van der Waals surface area (Å²) >= 11 is 0. The standard InChI is InChI=1S/C18H23NO4/c1-13(17-10-14-4-2-3-5-16(14)22-17)19-11-15-12-21-18(23-15)6-8-20-9-7-18/h2-5,10,13,15,19H,6-9,11-12H2,1H3/t13-,15-/m1/s1. The average molecular weight is 317 g/mol. The van der Waals surface area contributed by atoms with Crippen molar-refractivity contribution in [3.63, 3.8) is 0 Å². The number of rotatable bonds is 4. The Morgan fingerprint density at radius 3 is 2.91 bits per heavy atom. The maximum absolute atomic E-state index is 6.14. The first-order chi connectivity index (χ1) is 11.2. The van der Waals surface area contributed by atoms with Crippen LogP contribution in [0.1, 0.15) is 31.6 Å². The van der Waals surface area contributed by atoms with E-state index in [-0.39, 0.29) is 12.1 Å². The second-order valence-electron chi connectivity index (χ2n) is 6.39. The van der Waals surface area contributed by atoms with Crippen LogP contribution in [0.4, 0.5) is 0 Å². The van der Waals surface area contributed by atoms with E-state index < -0.39 is 5.79 Å². The van der Waals surface area contributed by atoms with Crippen molar-refractivity contribution in [2.24, 2.45) is 0 Å². The van der Waals surface area contributed by atoms with Crippen molar-refractivity contribution in [2.75, 3.05) is 26.4 Å². The van der Waals surface area contributed by atoms with Gasteiger partial charge in [-0.05, 0) is 19.1 Å². The second kappa shape index (κ2) is 6.24. The van der Waals surface area contributed by atoms with Crippen molar-refractivity contribution in [3.8, 4) is 0 Å². The monoisotopic (exact) mass is 317 g/mol. The Hall–Kier alpha value is -1.40. The number of hydrogen-bond donors (Lipinski definition) is 1. The molecule has 2 aromatic rings. The molecule has 2 aliphatic heterocycles. The van der Waals surface area contributed by atoms with E-state index in [1.54, 1.807) is 0 Å². The normalized spacial score (nSPS) is 25.2. The van der Waals surface area contributed by atoms with E-state index in [9.17, 15) is 0 Å². The van der Waals surface area contributed by atoms with Gasteiger partial charge in [0.1, 0.15) is 11.3 Å². The minimum Gasteiger partial charge on any atom is -0.459 e. The molecule has 124 valence electrons. The lowest BCUT2D eigenvalue weighted by Crippen LogP contribution is -2.39. The van der Waals surface area contributed by atoms with Crippen molar-refractivity contribution < 1.29 is 18.6 Å². The van der Waals surface area contributed by atoms with Gasteiger partial charge in [0.15, 0.2) is 5.79 Å². The lowest BCUT2D eigenvalue weighted by Gasteiger charge is -2.31. The zero-order valence-corrected chi connectivity index (χ0v) is 13.4. The smallest absolute Gasteiger partial charge is 0.173 e. The number of para-hydroxylation sites is 1. The SMILES string of the molecule is C[C@@H](NC[C@@H]1COC2(CCOCC2)O1)c1cc2ccccc2o1. The van der Waals surface area contributed by atoms with Gasteiger partial charge in [0.05, 0.1) is 32.0 Å². The highest BCUT2D eigenvalue weighted by Crippen LogP contribution is 2.33. The highest BCUT2D eigenvalue weighted by molar-refractivity contribution is 5.77. The Morgan fingerprint density at radius 1 is 1.26 bits per heavy atom. The molecular formula is C18H23NO4. The molecule has 4 rings (SSSR count). The van der Waals surface area contributed by atoms with E-state index in [0.29, 0.717) is 6.61 Å². The van der Waals surface area contributed by atoms with Crippen LogP contribution in [-0.4, -0.2) is 38.3 Å². The molecule has 1 spiro atoms. The van der Waals surface area contributed by atoms with Gasteiger partial charge in [-0.1, -0.05) is 18.2 Å². The van der Waals surface area contributed by atoms with Crippen LogP contribution in [0.2, 0.25) is 0 Å². The second-order valence-corrected chi connectivity index (χ2v) is 6.39. The molecule has 5 nitrogen and oxygen atoms in total. The molecule has 0 bridgehead atoms. The van der Waals surface area contributed by atoms with Gasteiger partial charge in [0.2, 0.25) is 0 Å². The molecule has 3 heterocycles. The van der Waals surface area contributed by atoms with Gasteiger partial charge >= 0.3 is 0 Å². The fourth-order valence-corrected chi connectivity index (χ4v) is 3.29. The fourth-order valence-electron chi connectivity index (χ4n) is 3.29. The summed E-state index contributed by atoms with van der Waals surface area (Å²) in [6, 6.07) is 10.3. The molecule has 2 atom stereocenters. The summed E-state index contributed by atoms with van der Waals surface area (Å²) in [5, 5.41) is 4.63. The van der Waals surface area contributed by atoms with Gasteiger partial charge < -0.3 is 23.9 Å². The van der Waals surface area contributed by atoms with Crippen molar-refractivity contribution >= 4 is 11.0 Å². The molecule has 23 heavy (non-hydrogen) atoms. The van der Waals surface area contributed by atoms with Gasteiger partial charge in [-0.3, -0.25) is 0 Å². The topological polar surface area (TPSA) is 52.9 Å². The third kappa shape index (κ3) is 3.15. The molecule has 0 unspecified atom stereocenters. The zero-order valence-electron chi connectivity index (χ0n) is 13.4.